The van der Waals surface area contributed by atoms with Crippen LogP contribution >= 0.6 is 0 Å². The molecule has 0 bridgehead atoms. The molecule has 5 heteroatoms. The smallest absolute Gasteiger partial charge is 0.212 e. The summed E-state index contributed by atoms with van der Waals surface area (Å²) in [6.07, 6.45) is 0. The van der Waals surface area contributed by atoms with Gasteiger partial charge in [0, 0.05) is 6.04 Å². The predicted octanol–water partition coefficient (Wildman–Crippen LogP) is 4.67. The summed E-state index contributed by atoms with van der Waals surface area (Å²) in [5.41, 5.74) is 3.28. The van der Waals surface area contributed by atoms with Gasteiger partial charge in [0.1, 0.15) is 0 Å². The van der Waals surface area contributed by atoms with E-state index in [1.807, 2.05) is 32.0 Å². The average molecular weight is 385 g/mol. The molecule has 0 saturated carbocycles. The molecule has 0 saturated heterocycles. The van der Waals surface area contributed by atoms with E-state index in [9.17, 15) is 8.42 Å². The lowest BCUT2D eigenvalue weighted by molar-refractivity contribution is 0.462. The quantitative estimate of drug-likeness (QED) is 0.786. The first-order chi connectivity index (χ1) is 12.5. The van der Waals surface area contributed by atoms with Gasteiger partial charge in [0.05, 0.1) is 17.4 Å². The van der Waals surface area contributed by atoms with E-state index in [-0.39, 0.29) is 23.1 Å². The van der Waals surface area contributed by atoms with Crippen LogP contribution in [0.2, 0.25) is 0 Å². The molecule has 144 valence electrons. The zero-order valence-corrected chi connectivity index (χ0v) is 17.5. The van der Waals surface area contributed by atoms with Crippen molar-refractivity contribution < 1.29 is 8.42 Å². The van der Waals surface area contributed by atoms with Crippen LogP contribution in [0, 0.1) is 17.2 Å². The van der Waals surface area contributed by atoms with Crippen molar-refractivity contribution in [1.82, 2.24) is 4.72 Å². The average Bonchev–Trinajstić information content (AvgIpc) is 2.58. The van der Waals surface area contributed by atoms with Crippen LogP contribution in [0.5, 0.6) is 0 Å². The van der Waals surface area contributed by atoms with Gasteiger partial charge in [-0.05, 0) is 40.2 Å². The molecule has 0 aliphatic carbocycles. The van der Waals surface area contributed by atoms with Crippen LogP contribution in [0.25, 0.3) is 0 Å². The molecule has 2 aromatic carbocycles. The normalized spacial score (nSPS) is 13.4. The number of benzene rings is 2. The third-order valence-electron chi connectivity index (χ3n) is 4.52. The first-order valence-corrected chi connectivity index (χ1v) is 10.8. The highest BCUT2D eigenvalue weighted by Gasteiger charge is 2.23. The molecule has 0 fully saturated rings. The van der Waals surface area contributed by atoms with Crippen LogP contribution < -0.4 is 4.72 Å². The molecule has 0 amide bonds. The standard InChI is InChI=1S/C22H28N2O2S/c1-16(2)21(19-9-11-20(12-10-19)22(3,4)5)24-27(25,26)15-18-8-6-7-17(13-18)14-23/h6-13,16,21,24H,15H2,1-5H3. The maximum atomic E-state index is 12.7. The van der Waals surface area contributed by atoms with Crippen molar-refractivity contribution in [3.8, 4) is 6.07 Å². The topological polar surface area (TPSA) is 70.0 Å². The van der Waals surface area contributed by atoms with Crippen molar-refractivity contribution in [2.24, 2.45) is 5.92 Å². The van der Waals surface area contributed by atoms with Gasteiger partial charge in [-0.15, -0.1) is 0 Å². The van der Waals surface area contributed by atoms with Gasteiger partial charge in [-0.25, -0.2) is 13.1 Å². The molecule has 0 spiro atoms. The molecule has 4 nitrogen and oxygen atoms in total. The highest BCUT2D eigenvalue weighted by molar-refractivity contribution is 7.88. The summed E-state index contributed by atoms with van der Waals surface area (Å²) >= 11 is 0. The summed E-state index contributed by atoms with van der Waals surface area (Å²) < 4.78 is 28.3. The zero-order valence-electron chi connectivity index (χ0n) is 16.7. The van der Waals surface area contributed by atoms with E-state index < -0.39 is 10.0 Å². The molecule has 1 N–H and O–H groups in total. The third kappa shape index (κ3) is 5.92. The Morgan fingerprint density at radius 2 is 1.70 bits per heavy atom. The van der Waals surface area contributed by atoms with E-state index >= 15 is 0 Å². The molecule has 0 aliphatic rings. The minimum atomic E-state index is -3.55. The summed E-state index contributed by atoms with van der Waals surface area (Å²) in [5.74, 6) is -0.0445. The summed E-state index contributed by atoms with van der Waals surface area (Å²) in [6.45, 7) is 10.5. The second kappa shape index (κ2) is 8.24. The number of hydrogen-bond donors (Lipinski definition) is 1. The molecular formula is C22H28N2O2S. The molecular weight excluding hydrogens is 356 g/mol. The number of nitrogens with zero attached hydrogens (tertiary/aromatic N) is 1. The molecule has 2 aromatic rings. The van der Waals surface area contributed by atoms with Crippen molar-refractivity contribution in [1.29, 1.82) is 5.26 Å². The Bertz CT molecular complexity index is 918. The van der Waals surface area contributed by atoms with Crippen LogP contribution in [0.4, 0.5) is 0 Å². The minimum absolute atomic E-state index is 0.0527. The first kappa shape index (κ1) is 21.1. The maximum absolute atomic E-state index is 12.7. The molecule has 0 aliphatic heterocycles. The van der Waals surface area contributed by atoms with Crippen LogP contribution in [0.1, 0.15) is 62.9 Å². The summed E-state index contributed by atoms with van der Waals surface area (Å²) in [6, 6.07) is 16.6. The van der Waals surface area contributed by atoms with E-state index in [0.717, 1.165) is 5.56 Å². The fourth-order valence-corrected chi connectivity index (χ4v) is 4.46. The van der Waals surface area contributed by atoms with Gasteiger partial charge in [0.25, 0.3) is 0 Å². The molecule has 0 heterocycles. The predicted molar refractivity (Wildman–Crippen MR) is 110 cm³/mol. The third-order valence-corrected chi connectivity index (χ3v) is 5.85. The lowest BCUT2D eigenvalue weighted by Crippen LogP contribution is -2.32. The number of nitriles is 1. The fraction of sp³-hybridized carbons (Fsp3) is 0.409. The first-order valence-electron chi connectivity index (χ1n) is 9.11. The van der Waals surface area contributed by atoms with Gasteiger partial charge in [-0.3, -0.25) is 0 Å². The molecule has 27 heavy (non-hydrogen) atoms. The number of nitrogens with one attached hydrogen (secondary N) is 1. The van der Waals surface area contributed by atoms with E-state index in [4.69, 9.17) is 5.26 Å². The van der Waals surface area contributed by atoms with Crippen molar-refractivity contribution in [3.05, 3.63) is 70.8 Å². The minimum Gasteiger partial charge on any atom is -0.212 e. The molecule has 0 aromatic heterocycles. The number of hydrogen-bond acceptors (Lipinski definition) is 3. The van der Waals surface area contributed by atoms with Gasteiger partial charge < -0.3 is 0 Å². The summed E-state index contributed by atoms with van der Waals surface area (Å²) in [4.78, 5) is 0. The molecule has 1 unspecified atom stereocenters. The van der Waals surface area contributed by atoms with Crippen molar-refractivity contribution in [3.63, 3.8) is 0 Å². The maximum Gasteiger partial charge on any atom is 0.216 e. The molecule has 1 atom stereocenters. The number of rotatable bonds is 6. The van der Waals surface area contributed by atoms with Crippen molar-refractivity contribution in [2.45, 2.75) is 51.8 Å². The Balaban J connectivity index is 2.23. The van der Waals surface area contributed by atoms with Gasteiger partial charge in [0.15, 0.2) is 0 Å². The van der Waals surface area contributed by atoms with Gasteiger partial charge >= 0.3 is 0 Å². The van der Waals surface area contributed by atoms with Crippen molar-refractivity contribution >= 4 is 10.0 Å². The van der Waals surface area contributed by atoms with E-state index in [1.165, 1.54) is 5.56 Å². The van der Waals surface area contributed by atoms with Gasteiger partial charge in [-0.2, -0.15) is 5.26 Å². The van der Waals surface area contributed by atoms with Crippen LogP contribution in [0.15, 0.2) is 48.5 Å². The Morgan fingerprint density at radius 3 is 2.22 bits per heavy atom. The van der Waals surface area contributed by atoms with Gasteiger partial charge in [-0.1, -0.05) is 71.0 Å². The van der Waals surface area contributed by atoms with Gasteiger partial charge in [0.2, 0.25) is 10.0 Å². The lowest BCUT2D eigenvalue weighted by atomic mass is 9.85. The zero-order chi connectivity index (χ0) is 20.2. The van der Waals surface area contributed by atoms with Crippen LogP contribution in [-0.4, -0.2) is 8.42 Å². The Morgan fingerprint density at radius 1 is 1.07 bits per heavy atom. The second-order valence-corrected chi connectivity index (χ2v) is 10.0. The van der Waals surface area contributed by atoms with Crippen LogP contribution in [0.3, 0.4) is 0 Å². The van der Waals surface area contributed by atoms with E-state index in [2.05, 4.69) is 37.6 Å². The molecule has 2 rings (SSSR count). The van der Waals surface area contributed by atoms with Crippen molar-refractivity contribution in [2.75, 3.05) is 0 Å². The summed E-state index contributed by atoms with van der Waals surface area (Å²) in [7, 11) is -3.55. The lowest BCUT2D eigenvalue weighted by Gasteiger charge is -2.25. The highest BCUT2D eigenvalue weighted by atomic mass is 32.2. The SMILES string of the molecule is CC(C)C(NS(=O)(=O)Cc1cccc(C#N)c1)c1ccc(C(C)(C)C)cc1. The Kier molecular flexibility index (Phi) is 6.46. The number of sulfonamides is 1. The summed E-state index contributed by atoms with van der Waals surface area (Å²) in [5, 5.41) is 8.99. The second-order valence-electron chi connectivity index (χ2n) is 8.28. The van der Waals surface area contributed by atoms with E-state index in [0.29, 0.717) is 11.1 Å². The molecule has 0 radical (unpaired) electrons. The van der Waals surface area contributed by atoms with E-state index in [1.54, 1.807) is 24.3 Å². The van der Waals surface area contributed by atoms with Crippen LogP contribution in [-0.2, 0) is 21.2 Å². The fourth-order valence-electron chi connectivity index (χ4n) is 2.96. The monoisotopic (exact) mass is 384 g/mol. The largest absolute Gasteiger partial charge is 0.216 e. The Labute approximate surface area is 163 Å². The Hall–Kier alpha value is -2.16. The highest BCUT2D eigenvalue weighted by Crippen LogP contribution is 2.27.